The van der Waals surface area contributed by atoms with E-state index in [4.69, 9.17) is 5.11 Å². The minimum atomic E-state index is -1.19. The van der Waals surface area contributed by atoms with E-state index in [9.17, 15) is 19.1 Å². The van der Waals surface area contributed by atoms with Crippen molar-refractivity contribution < 1.29 is 24.2 Å². The van der Waals surface area contributed by atoms with Crippen LogP contribution < -0.4 is 5.32 Å². The SMILES string of the molecule is Cc1cc(C(=O)Nc2ccc(C(=O)O)cc2O)c2cc(F)ccc2n1. The number of pyridine rings is 1. The number of phenols is 1. The van der Waals surface area contributed by atoms with Gasteiger partial charge in [-0.05, 0) is 49.4 Å². The number of carbonyl (C=O) groups excluding carboxylic acids is 1. The molecule has 126 valence electrons. The minimum Gasteiger partial charge on any atom is -0.506 e. The van der Waals surface area contributed by atoms with Crippen LogP contribution in [0.3, 0.4) is 0 Å². The number of aromatic nitrogens is 1. The Bertz CT molecular complexity index is 1020. The molecule has 0 saturated heterocycles. The average molecular weight is 340 g/mol. The van der Waals surface area contributed by atoms with Crippen molar-refractivity contribution in [2.24, 2.45) is 0 Å². The highest BCUT2D eigenvalue weighted by Gasteiger charge is 2.15. The number of fused-ring (bicyclic) bond motifs is 1. The summed E-state index contributed by atoms with van der Waals surface area (Å²) in [5.74, 6) is -2.64. The molecule has 7 heteroatoms. The summed E-state index contributed by atoms with van der Waals surface area (Å²) in [4.78, 5) is 27.7. The number of nitrogens with one attached hydrogen (secondary N) is 1. The Kier molecular flexibility index (Phi) is 4.06. The molecule has 1 amide bonds. The zero-order chi connectivity index (χ0) is 18.1. The molecule has 2 aromatic carbocycles. The third kappa shape index (κ3) is 3.25. The molecule has 25 heavy (non-hydrogen) atoms. The lowest BCUT2D eigenvalue weighted by molar-refractivity contribution is 0.0696. The summed E-state index contributed by atoms with van der Waals surface area (Å²) < 4.78 is 13.5. The van der Waals surface area contributed by atoms with Crippen molar-refractivity contribution in [1.82, 2.24) is 4.98 Å². The number of benzene rings is 2. The van der Waals surface area contributed by atoms with E-state index in [-0.39, 0.29) is 22.6 Å². The first-order valence-electron chi connectivity index (χ1n) is 7.30. The number of aromatic carboxylic acids is 1. The van der Waals surface area contributed by atoms with Gasteiger partial charge in [0.25, 0.3) is 5.91 Å². The highest BCUT2D eigenvalue weighted by molar-refractivity contribution is 6.13. The average Bonchev–Trinajstić information content (AvgIpc) is 2.56. The number of amides is 1. The van der Waals surface area contributed by atoms with Crippen molar-refractivity contribution in [3.05, 3.63) is 65.1 Å². The number of phenolic OH excluding ortho intramolecular Hbond substituents is 1. The topological polar surface area (TPSA) is 99.5 Å². The smallest absolute Gasteiger partial charge is 0.335 e. The number of nitrogens with zero attached hydrogens (tertiary/aromatic N) is 1. The van der Waals surface area contributed by atoms with Gasteiger partial charge in [-0.1, -0.05) is 0 Å². The van der Waals surface area contributed by atoms with Gasteiger partial charge in [0, 0.05) is 11.1 Å². The number of carbonyl (C=O) groups is 2. The lowest BCUT2D eigenvalue weighted by Crippen LogP contribution is -2.13. The first kappa shape index (κ1) is 16.4. The maximum Gasteiger partial charge on any atom is 0.335 e. The Morgan fingerprint density at radius 1 is 1.12 bits per heavy atom. The van der Waals surface area contributed by atoms with E-state index in [1.165, 1.54) is 36.4 Å². The number of aryl methyl sites for hydroxylation is 1. The number of carboxylic acid groups (broad SMARTS) is 1. The molecular formula is C18H13FN2O4. The van der Waals surface area contributed by atoms with E-state index in [0.29, 0.717) is 16.6 Å². The Hall–Kier alpha value is -3.48. The van der Waals surface area contributed by atoms with Crippen molar-refractivity contribution in [2.75, 3.05) is 5.32 Å². The zero-order valence-corrected chi connectivity index (χ0v) is 13.1. The summed E-state index contributed by atoms with van der Waals surface area (Å²) in [7, 11) is 0. The molecule has 1 aromatic heterocycles. The van der Waals surface area contributed by atoms with Gasteiger partial charge in [0.05, 0.1) is 22.3 Å². The maximum absolute atomic E-state index is 13.5. The summed E-state index contributed by atoms with van der Waals surface area (Å²) in [5.41, 5.74) is 1.19. The van der Waals surface area contributed by atoms with Gasteiger partial charge in [-0.3, -0.25) is 9.78 Å². The Balaban J connectivity index is 2.00. The third-order valence-corrected chi connectivity index (χ3v) is 3.64. The minimum absolute atomic E-state index is 0.0500. The Labute approximate surface area is 141 Å². The lowest BCUT2D eigenvalue weighted by atomic mass is 10.1. The molecule has 6 nitrogen and oxygen atoms in total. The van der Waals surface area contributed by atoms with E-state index in [1.807, 2.05) is 0 Å². The molecule has 0 radical (unpaired) electrons. The number of anilines is 1. The predicted molar refractivity (Wildman–Crippen MR) is 89.5 cm³/mol. The number of hydrogen-bond acceptors (Lipinski definition) is 4. The highest BCUT2D eigenvalue weighted by Crippen LogP contribution is 2.26. The molecule has 0 fully saturated rings. The molecule has 0 spiro atoms. The third-order valence-electron chi connectivity index (χ3n) is 3.64. The fraction of sp³-hybridized carbons (Fsp3) is 0.0556. The van der Waals surface area contributed by atoms with Crippen LogP contribution in [0, 0.1) is 12.7 Å². The Morgan fingerprint density at radius 3 is 2.56 bits per heavy atom. The van der Waals surface area contributed by atoms with Crippen molar-refractivity contribution in [2.45, 2.75) is 6.92 Å². The number of carboxylic acids is 1. The van der Waals surface area contributed by atoms with Gasteiger partial charge in [-0.15, -0.1) is 0 Å². The molecule has 0 unspecified atom stereocenters. The molecule has 0 bridgehead atoms. The van der Waals surface area contributed by atoms with Crippen LogP contribution >= 0.6 is 0 Å². The largest absolute Gasteiger partial charge is 0.506 e. The number of aromatic hydroxyl groups is 1. The van der Waals surface area contributed by atoms with Gasteiger partial charge in [0.1, 0.15) is 11.6 Å². The normalized spacial score (nSPS) is 10.6. The van der Waals surface area contributed by atoms with Gasteiger partial charge >= 0.3 is 5.97 Å². The molecule has 0 aliphatic carbocycles. The number of hydrogen-bond donors (Lipinski definition) is 3. The molecule has 3 N–H and O–H groups in total. The second-order valence-electron chi connectivity index (χ2n) is 5.46. The molecular weight excluding hydrogens is 327 g/mol. The summed E-state index contributed by atoms with van der Waals surface area (Å²) in [6.45, 7) is 1.71. The molecule has 1 heterocycles. The predicted octanol–water partition coefficient (Wildman–Crippen LogP) is 3.34. The zero-order valence-electron chi connectivity index (χ0n) is 13.1. The van der Waals surface area contributed by atoms with E-state index in [2.05, 4.69) is 10.3 Å². The van der Waals surface area contributed by atoms with Gasteiger partial charge in [-0.25, -0.2) is 9.18 Å². The highest BCUT2D eigenvalue weighted by atomic mass is 19.1. The quantitative estimate of drug-likeness (QED) is 0.635. The standard InChI is InChI=1S/C18H13FN2O4/c1-9-6-13(12-8-11(19)3-5-14(12)20-9)17(23)21-15-4-2-10(18(24)25)7-16(15)22/h2-8,22H,1H3,(H,21,23)(H,24,25). The van der Waals surface area contributed by atoms with Gasteiger partial charge in [0.2, 0.25) is 0 Å². The maximum atomic E-state index is 13.5. The van der Waals surface area contributed by atoms with Crippen LogP contribution in [-0.4, -0.2) is 27.1 Å². The van der Waals surface area contributed by atoms with Crippen molar-refractivity contribution in [1.29, 1.82) is 0 Å². The van der Waals surface area contributed by atoms with Crippen LogP contribution in [0.15, 0.2) is 42.5 Å². The monoisotopic (exact) mass is 340 g/mol. The van der Waals surface area contributed by atoms with Gasteiger partial charge < -0.3 is 15.5 Å². The van der Waals surface area contributed by atoms with Crippen molar-refractivity contribution >= 4 is 28.5 Å². The summed E-state index contributed by atoms with van der Waals surface area (Å²) in [5, 5.41) is 21.6. The fourth-order valence-corrected chi connectivity index (χ4v) is 2.48. The second kappa shape index (κ2) is 6.20. The molecule has 0 aliphatic heterocycles. The first-order chi connectivity index (χ1) is 11.8. The summed E-state index contributed by atoms with van der Waals surface area (Å²) in [6, 6.07) is 9.04. The van der Waals surface area contributed by atoms with Crippen LogP contribution in [0.5, 0.6) is 5.75 Å². The lowest BCUT2D eigenvalue weighted by Gasteiger charge is -2.11. The van der Waals surface area contributed by atoms with Crippen LogP contribution in [0.4, 0.5) is 10.1 Å². The molecule has 3 rings (SSSR count). The van der Waals surface area contributed by atoms with Crippen molar-refractivity contribution in [3.63, 3.8) is 0 Å². The van der Waals surface area contributed by atoms with Crippen LogP contribution in [0.25, 0.3) is 10.9 Å². The molecule has 0 aliphatic rings. The molecule has 0 atom stereocenters. The van der Waals surface area contributed by atoms with E-state index < -0.39 is 17.7 Å². The van der Waals surface area contributed by atoms with Crippen LogP contribution in [0.1, 0.15) is 26.4 Å². The summed E-state index contributed by atoms with van der Waals surface area (Å²) in [6.07, 6.45) is 0. The van der Waals surface area contributed by atoms with Crippen LogP contribution in [0.2, 0.25) is 0 Å². The number of halogens is 1. The van der Waals surface area contributed by atoms with Gasteiger partial charge in [-0.2, -0.15) is 0 Å². The molecule has 3 aromatic rings. The summed E-state index contributed by atoms with van der Waals surface area (Å²) >= 11 is 0. The first-order valence-corrected chi connectivity index (χ1v) is 7.30. The van der Waals surface area contributed by atoms with Gasteiger partial charge in [0.15, 0.2) is 0 Å². The van der Waals surface area contributed by atoms with Crippen LogP contribution in [-0.2, 0) is 0 Å². The van der Waals surface area contributed by atoms with E-state index in [1.54, 1.807) is 6.92 Å². The Morgan fingerprint density at radius 2 is 1.88 bits per heavy atom. The second-order valence-corrected chi connectivity index (χ2v) is 5.46. The molecule has 0 saturated carbocycles. The fourth-order valence-electron chi connectivity index (χ4n) is 2.48. The van der Waals surface area contributed by atoms with Crippen molar-refractivity contribution in [3.8, 4) is 5.75 Å². The van der Waals surface area contributed by atoms with E-state index >= 15 is 0 Å². The number of rotatable bonds is 3. The van der Waals surface area contributed by atoms with E-state index in [0.717, 1.165) is 6.07 Å².